The van der Waals surface area contributed by atoms with E-state index in [-0.39, 0.29) is 16.2 Å². The zero-order chi connectivity index (χ0) is 23.5. The zero-order valence-corrected chi connectivity index (χ0v) is 23.8. The van der Waals surface area contributed by atoms with E-state index in [9.17, 15) is 0 Å². The van der Waals surface area contributed by atoms with Crippen LogP contribution in [0.25, 0.3) is 0 Å². The summed E-state index contributed by atoms with van der Waals surface area (Å²) < 4.78 is 3.76. The maximum absolute atomic E-state index is 4.57. The summed E-state index contributed by atoms with van der Waals surface area (Å²) in [4.78, 5) is 0. The molecule has 0 nitrogen and oxygen atoms in total. The first-order valence-corrected chi connectivity index (χ1v) is 19.0. The third-order valence-corrected chi connectivity index (χ3v) is 17.5. The second kappa shape index (κ2) is 10.0. The molecule has 0 heterocycles. The molecule has 32 heavy (non-hydrogen) atoms. The van der Waals surface area contributed by atoms with E-state index in [2.05, 4.69) is 146 Å². The van der Waals surface area contributed by atoms with E-state index >= 15 is 0 Å². The van der Waals surface area contributed by atoms with Gasteiger partial charge >= 0.3 is 207 Å². The second-order valence-electron chi connectivity index (χ2n) is 11.4. The number of hydrogen-bond acceptors (Lipinski definition) is 0. The minimum atomic E-state index is -2.55. The van der Waals surface area contributed by atoms with Gasteiger partial charge in [0.15, 0.2) is 0 Å². The van der Waals surface area contributed by atoms with Crippen LogP contribution in [0.3, 0.4) is 0 Å². The van der Waals surface area contributed by atoms with Crippen LogP contribution in [0.15, 0.2) is 91.0 Å². The minimum absolute atomic E-state index is 0.143. The van der Waals surface area contributed by atoms with Crippen molar-refractivity contribution in [1.82, 2.24) is 0 Å². The Morgan fingerprint density at radius 3 is 0.906 bits per heavy atom. The van der Waals surface area contributed by atoms with Crippen LogP contribution in [-0.4, -0.2) is 0 Å². The van der Waals surface area contributed by atoms with E-state index < -0.39 is 14.5 Å². The van der Waals surface area contributed by atoms with Gasteiger partial charge in [0.05, 0.1) is 0 Å². The molecule has 0 N–H and O–H groups in total. The molecule has 0 radical (unpaired) electrons. The van der Waals surface area contributed by atoms with Gasteiger partial charge in [-0.1, -0.05) is 0 Å². The van der Waals surface area contributed by atoms with Gasteiger partial charge in [0.25, 0.3) is 0 Å². The van der Waals surface area contributed by atoms with Crippen molar-refractivity contribution in [2.75, 3.05) is 0 Å². The third kappa shape index (κ3) is 6.46. The summed E-state index contributed by atoms with van der Waals surface area (Å²) >= 11 is 2.03. The van der Waals surface area contributed by atoms with Crippen molar-refractivity contribution in [1.29, 1.82) is 0 Å². The Morgan fingerprint density at radius 1 is 0.469 bits per heavy atom. The fourth-order valence-corrected chi connectivity index (χ4v) is 23.2. The van der Waals surface area contributed by atoms with E-state index in [1.807, 2.05) is 0 Å². The van der Waals surface area contributed by atoms with E-state index in [4.69, 9.17) is 0 Å². The molecule has 170 valence electrons. The van der Waals surface area contributed by atoms with Crippen molar-refractivity contribution in [2.45, 2.75) is 72.0 Å². The third-order valence-electron chi connectivity index (χ3n) is 6.94. The van der Waals surface area contributed by atoms with Crippen LogP contribution in [-0.2, 0) is 30.7 Å². The number of rotatable bonds is 9. The van der Waals surface area contributed by atoms with Gasteiger partial charge in [-0.25, -0.2) is 0 Å². The van der Waals surface area contributed by atoms with Crippen LogP contribution < -0.4 is 0 Å². The average molecular weight is 527 g/mol. The summed E-state index contributed by atoms with van der Waals surface area (Å²) in [5.74, 6) is 0. The molecule has 0 aliphatic rings. The van der Waals surface area contributed by atoms with Crippen molar-refractivity contribution >= 4 is 13.2 Å². The molecule has 0 saturated carbocycles. The summed E-state index contributed by atoms with van der Waals surface area (Å²) in [6.45, 7) is 14.6. The van der Waals surface area contributed by atoms with Crippen LogP contribution in [0, 0.1) is 0 Å². The molecule has 0 aliphatic heterocycles. The first-order valence-electron chi connectivity index (χ1n) is 11.8. The monoisotopic (exact) mass is 526 g/mol. The molecule has 0 aromatic heterocycles. The Balaban J connectivity index is 1.98. The first-order chi connectivity index (χ1) is 14.9. The molecular formula is C30H39BrTi. The first kappa shape index (κ1) is 25.5. The Labute approximate surface area is 206 Å². The molecule has 0 amide bonds. The number of halogens is 1. The van der Waals surface area contributed by atoms with Crippen LogP contribution in [0.2, 0.25) is 14.2 Å². The van der Waals surface area contributed by atoms with Crippen molar-refractivity contribution in [2.24, 2.45) is 0 Å². The van der Waals surface area contributed by atoms with E-state index in [0.717, 1.165) is 0 Å². The maximum atomic E-state index is 4.57. The molecule has 3 rings (SSSR count). The standard InChI is InChI=1S/3C10H13.BrH.Ti/c3*1-10(2,3)9-7-5-4-6-8-9;;/h3*4-8H,1H2,2-3H3;1H;/q;;;;+1/p-1. The Bertz CT molecular complexity index is 845. The summed E-state index contributed by atoms with van der Waals surface area (Å²) in [5.41, 5.74) is 4.78. The van der Waals surface area contributed by atoms with Crippen molar-refractivity contribution in [3.05, 3.63) is 108 Å². The topological polar surface area (TPSA) is 0 Å². The van der Waals surface area contributed by atoms with Crippen molar-refractivity contribution in [3.8, 4) is 0 Å². The Morgan fingerprint density at radius 2 is 0.688 bits per heavy atom. The summed E-state index contributed by atoms with van der Waals surface area (Å²) in [7, 11) is 0. The van der Waals surface area contributed by atoms with Crippen LogP contribution in [0.1, 0.15) is 58.2 Å². The molecule has 3 aromatic carbocycles. The second-order valence-corrected chi connectivity index (χ2v) is 23.6. The van der Waals surface area contributed by atoms with E-state index in [1.165, 1.54) is 30.9 Å². The normalized spacial score (nSPS) is 13.2. The Kier molecular flexibility index (Phi) is 7.96. The predicted molar refractivity (Wildman–Crippen MR) is 142 cm³/mol. The quantitative estimate of drug-likeness (QED) is 0.243. The molecule has 3 aromatic rings. The molecule has 0 spiro atoms. The van der Waals surface area contributed by atoms with Crippen molar-refractivity contribution in [3.63, 3.8) is 0 Å². The molecular weight excluding hydrogens is 488 g/mol. The number of benzene rings is 3. The van der Waals surface area contributed by atoms with Crippen molar-refractivity contribution < 1.29 is 14.5 Å². The molecule has 0 atom stereocenters. The fraction of sp³-hybridized carbons (Fsp3) is 0.400. The average Bonchev–Trinajstić information content (AvgIpc) is 2.74. The van der Waals surface area contributed by atoms with Gasteiger partial charge in [0, 0.05) is 0 Å². The SMILES string of the molecule is CC(C)([CH2][Ti]([Br])([CH2]C(C)(C)c1ccccc1)[CH2]C(C)(C)c1ccccc1)c1ccccc1. The van der Waals surface area contributed by atoms with Gasteiger partial charge in [-0.2, -0.15) is 0 Å². The van der Waals surface area contributed by atoms with Gasteiger partial charge in [-0.05, 0) is 0 Å². The van der Waals surface area contributed by atoms with Gasteiger partial charge in [-0.3, -0.25) is 0 Å². The molecule has 0 fully saturated rings. The summed E-state index contributed by atoms with van der Waals surface area (Å²) in [6.07, 6.45) is 0. The van der Waals surface area contributed by atoms with E-state index in [1.54, 1.807) is 0 Å². The van der Waals surface area contributed by atoms with Crippen LogP contribution in [0.5, 0.6) is 0 Å². The van der Waals surface area contributed by atoms with Gasteiger partial charge in [-0.15, -0.1) is 0 Å². The summed E-state index contributed by atoms with van der Waals surface area (Å²) in [6, 6.07) is 33.3. The molecule has 2 heteroatoms. The molecule has 0 unspecified atom stereocenters. The van der Waals surface area contributed by atoms with Gasteiger partial charge < -0.3 is 0 Å². The van der Waals surface area contributed by atoms with E-state index in [0.29, 0.717) is 0 Å². The van der Waals surface area contributed by atoms with Gasteiger partial charge in [0.2, 0.25) is 0 Å². The zero-order valence-electron chi connectivity index (χ0n) is 20.7. The molecule has 0 saturated heterocycles. The predicted octanol–water partition coefficient (Wildman–Crippen LogP) is 9.64. The number of hydrogen-bond donors (Lipinski definition) is 0. The summed E-state index contributed by atoms with van der Waals surface area (Å²) in [5, 5.41) is 0. The van der Waals surface area contributed by atoms with Crippen LogP contribution in [0.4, 0.5) is 0 Å². The molecule has 0 aliphatic carbocycles. The van der Waals surface area contributed by atoms with Crippen LogP contribution >= 0.6 is 13.2 Å². The Hall–Kier alpha value is -1.15. The molecule has 0 bridgehead atoms. The van der Waals surface area contributed by atoms with Gasteiger partial charge in [0.1, 0.15) is 0 Å². The fourth-order valence-electron chi connectivity index (χ4n) is 5.54.